The first-order valence-corrected chi connectivity index (χ1v) is 9.01. The maximum absolute atomic E-state index is 5.94. The van der Waals surface area contributed by atoms with Gasteiger partial charge in [0.05, 0.1) is 6.10 Å². The average Bonchev–Trinajstić information content (AvgIpc) is 2.99. The largest absolute Gasteiger partial charge is 0.380 e. The molecular weight excluding hydrogens is 266 g/mol. The van der Waals surface area contributed by atoms with E-state index in [-0.39, 0.29) is 0 Å². The van der Waals surface area contributed by atoms with Gasteiger partial charge in [0.25, 0.3) is 0 Å². The summed E-state index contributed by atoms with van der Waals surface area (Å²) in [6.45, 7) is 3.32. The molecule has 2 nitrogen and oxygen atoms in total. The fraction of sp³-hybridized carbons (Fsp3) is 0.765. The maximum Gasteiger partial charge on any atom is 0.0755 e. The highest BCUT2D eigenvalue weighted by Gasteiger charge is 2.30. The second-order valence-electron chi connectivity index (χ2n) is 5.94. The third kappa shape index (κ3) is 4.57. The number of nitrogens with one attached hydrogen (secondary N) is 1. The van der Waals surface area contributed by atoms with Crippen molar-refractivity contribution in [2.45, 2.75) is 64.0 Å². The van der Waals surface area contributed by atoms with Gasteiger partial charge in [0.15, 0.2) is 0 Å². The van der Waals surface area contributed by atoms with E-state index in [1.807, 2.05) is 18.4 Å². The molecule has 3 heteroatoms. The number of methoxy groups -OCH3 is 1. The summed E-state index contributed by atoms with van der Waals surface area (Å²) in [7, 11) is 1.90. The molecule has 0 saturated heterocycles. The summed E-state index contributed by atoms with van der Waals surface area (Å²) in [4.78, 5) is 1.47. The zero-order valence-electron chi connectivity index (χ0n) is 12.9. The van der Waals surface area contributed by atoms with Gasteiger partial charge in [-0.3, -0.25) is 0 Å². The van der Waals surface area contributed by atoms with E-state index in [0.717, 1.165) is 18.9 Å². The molecule has 0 bridgehead atoms. The molecule has 1 N–H and O–H groups in total. The number of hydrogen-bond donors (Lipinski definition) is 1. The van der Waals surface area contributed by atoms with Gasteiger partial charge >= 0.3 is 0 Å². The molecule has 2 atom stereocenters. The molecule has 1 aromatic heterocycles. The Labute approximate surface area is 127 Å². The minimum Gasteiger partial charge on any atom is -0.380 e. The first-order valence-electron chi connectivity index (χ1n) is 8.13. The van der Waals surface area contributed by atoms with E-state index in [4.69, 9.17) is 4.74 Å². The molecular formula is C17H29NOS. The molecule has 0 aromatic carbocycles. The van der Waals surface area contributed by atoms with E-state index in [0.29, 0.717) is 12.1 Å². The molecule has 1 heterocycles. The van der Waals surface area contributed by atoms with Crippen LogP contribution in [0.2, 0.25) is 0 Å². The molecule has 20 heavy (non-hydrogen) atoms. The summed E-state index contributed by atoms with van der Waals surface area (Å²) in [6.07, 6.45) is 9.50. The molecule has 0 spiro atoms. The average molecular weight is 295 g/mol. The van der Waals surface area contributed by atoms with E-state index in [2.05, 4.69) is 29.8 Å². The first-order chi connectivity index (χ1) is 9.85. The summed E-state index contributed by atoms with van der Waals surface area (Å²) in [5.74, 6) is 0.739. The molecule has 2 rings (SSSR count). The number of ether oxygens (including phenoxy) is 1. The molecule has 1 fully saturated rings. The molecule has 0 amide bonds. The van der Waals surface area contributed by atoms with Crippen molar-refractivity contribution in [2.75, 3.05) is 13.7 Å². The van der Waals surface area contributed by atoms with E-state index in [1.165, 1.54) is 43.4 Å². The number of thiophene rings is 1. The maximum atomic E-state index is 5.94. The van der Waals surface area contributed by atoms with E-state index < -0.39 is 0 Å². The lowest BCUT2D eigenvalue weighted by atomic mass is 9.81. The van der Waals surface area contributed by atoms with Crippen LogP contribution in [0.1, 0.15) is 50.3 Å². The van der Waals surface area contributed by atoms with Crippen molar-refractivity contribution in [1.29, 1.82) is 0 Å². The lowest BCUT2D eigenvalue weighted by Gasteiger charge is -2.35. The van der Waals surface area contributed by atoms with Crippen LogP contribution in [-0.2, 0) is 11.2 Å². The zero-order chi connectivity index (χ0) is 14.2. The summed E-state index contributed by atoms with van der Waals surface area (Å²) >= 11 is 1.86. The lowest BCUT2D eigenvalue weighted by molar-refractivity contribution is 0.00852. The zero-order valence-corrected chi connectivity index (χ0v) is 13.8. The monoisotopic (exact) mass is 295 g/mol. The molecule has 0 radical (unpaired) electrons. The molecule has 2 unspecified atom stereocenters. The first kappa shape index (κ1) is 16.0. The van der Waals surface area contributed by atoms with Crippen molar-refractivity contribution in [3.8, 4) is 0 Å². The smallest absolute Gasteiger partial charge is 0.0755 e. The predicted molar refractivity (Wildman–Crippen MR) is 87.5 cm³/mol. The van der Waals surface area contributed by atoms with Gasteiger partial charge in [-0.25, -0.2) is 0 Å². The van der Waals surface area contributed by atoms with Crippen LogP contribution in [0.5, 0.6) is 0 Å². The third-order valence-electron chi connectivity index (χ3n) is 4.44. The van der Waals surface area contributed by atoms with E-state index in [9.17, 15) is 0 Å². The van der Waals surface area contributed by atoms with Crippen LogP contribution in [0.15, 0.2) is 17.5 Å². The van der Waals surface area contributed by atoms with Gasteiger partial charge in [-0.05, 0) is 49.6 Å². The topological polar surface area (TPSA) is 21.3 Å². The van der Waals surface area contributed by atoms with Gasteiger partial charge in [0, 0.05) is 18.0 Å². The van der Waals surface area contributed by atoms with E-state index in [1.54, 1.807) is 0 Å². The summed E-state index contributed by atoms with van der Waals surface area (Å²) in [6, 6.07) is 4.86. The molecule has 0 aliphatic heterocycles. The molecule has 1 aliphatic rings. The van der Waals surface area contributed by atoms with Gasteiger partial charge in [-0.15, -0.1) is 11.3 Å². The number of hydrogen-bond acceptors (Lipinski definition) is 3. The highest BCUT2D eigenvalue weighted by Crippen LogP contribution is 2.30. The normalized spacial score (nSPS) is 19.9. The Kier molecular flexibility index (Phi) is 7.05. The Morgan fingerprint density at radius 3 is 2.75 bits per heavy atom. The SMILES string of the molecule is CCCNC(Cc1cccs1)C(OC)C1CCCCC1. The Bertz CT molecular complexity index is 346. The Hall–Kier alpha value is -0.380. The lowest BCUT2D eigenvalue weighted by Crippen LogP contribution is -2.47. The van der Waals surface area contributed by atoms with Crippen LogP contribution in [0.4, 0.5) is 0 Å². The Morgan fingerprint density at radius 2 is 2.15 bits per heavy atom. The van der Waals surface area contributed by atoms with Crippen molar-refractivity contribution in [1.82, 2.24) is 5.32 Å². The second-order valence-corrected chi connectivity index (χ2v) is 6.97. The predicted octanol–water partition coefficient (Wildman–Crippen LogP) is 4.25. The van der Waals surface area contributed by atoms with Gasteiger partial charge in [-0.1, -0.05) is 32.3 Å². The van der Waals surface area contributed by atoms with Crippen LogP contribution in [0.3, 0.4) is 0 Å². The van der Waals surface area contributed by atoms with Crippen molar-refractivity contribution >= 4 is 11.3 Å². The Balaban J connectivity index is 2.01. The summed E-state index contributed by atoms with van der Waals surface area (Å²) in [5, 5.41) is 5.91. The van der Waals surface area contributed by atoms with Gasteiger partial charge < -0.3 is 10.1 Å². The van der Waals surface area contributed by atoms with Crippen molar-refractivity contribution in [3.05, 3.63) is 22.4 Å². The highest BCUT2D eigenvalue weighted by atomic mass is 32.1. The quantitative estimate of drug-likeness (QED) is 0.774. The number of rotatable bonds is 8. The third-order valence-corrected chi connectivity index (χ3v) is 5.34. The molecule has 1 aliphatic carbocycles. The minimum atomic E-state index is 0.365. The van der Waals surface area contributed by atoms with Gasteiger partial charge in [0.1, 0.15) is 0 Å². The fourth-order valence-electron chi connectivity index (χ4n) is 3.43. The van der Waals surface area contributed by atoms with Gasteiger partial charge in [0.2, 0.25) is 0 Å². The van der Waals surface area contributed by atoms with Crippen LogP contribution in [0, 0.1) is 5.92 Å². The standard InChI is InChI=1S/C17H29NOS/c1-3-11-18-16(13-15-10-7-12-20-15)17(19-2)14-8-5-4-6-9-14/h7,10,12,14,16-18H,3-6,8-9,11,13H2,1-2H3. The fourth-order valence-corrected chi connectivity index (χ4v) is 4.19. The van der Waals surface area contributed by atoms with Crippen LogP contribution >= 0.6 is 11.3 Å². The second kappa shape index (κ2) is 8.81. The van der Waals surface area contributed by atoms with Crippen molar-refractivity contribution in [3.63, 3.8) is 0 Å². The van der Waals surface area contributed by atoms with Crippen LogP contribution in [-0.4, -0.2) is 25.8 Å². The molecule has 1 aromatic rings. The summed E-state index contributed by atoms with van der Waals surface area (Å²) in [5.41, 5.74) is 0. The van der Waals surface area contributed by atoms with E-state index >= 15 is 0 Å². The van der Waals surface area contributed by atoms with Crippen LogP contribution in [0.25, 0.3) is 0 Å². The van der Waals surface area contributed by atoms with Crippen LogP contribution < -0.4 is 5.32 Å². The molecule has 1 saturated carbocycles. The minimum absolute atomic E-state index is 0.365. The highest BCUT2D eigenvalue weighted by molar-refractivity contribution is 7.09. The van der Waals surface area contributed by atoms with Crippen molar-refractivity contribution in [2.24, 2.45) is 5.92 Å². The Morgan fingerprint density at radius 1 is 1.35 bits per heavy atom. The van der Waals surface area contributed by atoms with Crippen molar-refractivity contribution < 1.29 is 4.74 Å². The summed E-state index contributed by atoms with van der Waals surface area (Å²) < 4.78 is 5.94. The van der Waals surface area contributed by atoms with Gasteiger partial charge in [-0.2, -0.15) is 0 Å². The molecule has 114 valence electrons.